The minimum atomic E-state index is 0.133. The summed E-state index contributed by atoms with van der Waals surface area (Å²) < 4.78 is 4.88. The highest BCUT2D eigenvalue weighted by Gasteiger charge is 2.61. The molecular formula is C58H45N3. The van der Waals surface area contributed by atoms with Crippen LogP contribution in [0.2, 0.25) is 0 Å². The average Bonchev–Trinajstić information content (AvgIpc) is 3.92. The van der Waals surface area contributed by atoms with Crippen LogP contribution in [0.15, 0.2) is 188 Å². The average molecular weight is 784 g/mol. The molecule has 4 saturated carbocycles. The second kappa shape index (κ2) is 12.6. The molecule has 0 unspecified atom stereocenters. The molecule has 2 aromatic heterocycles. The van der Waals surface area contributed by atoms with Crippen molar-refractivity contribution in [3.63, 3.8) is 0 Å². The lowest BCUT2D eigenvalue weighted by molar-refractivity contribution is -0.0399. The molecule has 8 aromatic carbocycles. The van der Waals surface area contributed by atoms with Gasteiger partial charge in [0, 0.05) is 55.4 Å². The lowest BCUT2D eigenvalue weighted by Gasteiger charge is -2.61. The van der Waals surface area contributed by atoms with Gasteiger partial charge in [-0.3, -0.25) is 0 Å². The first-order chi connectivity index (χ1) is 30.2. The lowest BCUT2D eigenvalue weighted by Crippen LogP contribution is -2.55. The van der Waals surface area contributed by atoms with Crippen LogP contribution in [0.25, 0.3) is 66.1 Å². The highest BCUT2D eigenvalue weighted by Crippen LogP contribution is 2.69. The van der Waals surface area contributed by atoms with Crippen LogP contribution >= 0.6 is 0 Å². The fourth-order valence-corrected chi connectivity index (χ4v) is 13.6. The molecule has 292 valence electrons. The van der Waals surface area contributed by atoms with Gasteiger partial charge < -0.3 is 14.0 Å². The molecule has 2 heterocycles. The van der Waals surface area contributed by atoms with Crippen molar-refractivity contribution < 1.29 is 0 Å². The Morgan fingerprint density at radius 1 is 0.361 bits per heavy atom. The van der Waals surface area contributed by atoms with Crippen LogP contribution < -0.4 is 4.90 Å². The first-order valence-electron chi connectivity index (χ1n) is 22.4. The Morgan fingerprint density at radius 2 is 0.803 bits per heavy atom. The summed E-state index contributed by atoms with van der Waals surface area (Å²) in [6.07, 6.45) is 7.02. The lowest BCUT2D eigenvalue weighted by atomic mass is 9.43. The second-order valence-electron chi connectivity index (χ2n) is 18.6. The number of benzene rings is 8. The quantitative estimate of drug-likeness (QED) is 0.169. The van der Waals surface area contributed by atoms with Crippen molar-refractivity contribution in [2.45, 2.75) is 37.5 Å². The van der Waals surface area contributed by atoms with E-state index in [1.807, 2.05) is 0 Å². The van der Waals surface area contributed by atoms with E-state index < -0.39 is 0 Å². The summed E-state index contributed by atoms with van der Waals surface area (Å²) in [5, 5.41) is 5.05. The van der Waals surface area contributed by atoms with E-state index in [1.54, 1.807) is 11.1 Å². The second-order valence-corrected chi connectivity index (χ2v) is 18.6. The Labute approximate surface area is 356 Å². The van der Waals surface area contributed by atoms with E-state index >= 15 is 0 Å². The smallest absolute Gasteiger partial charge is 0.0561 e. The van der Waals surface area contributed by atoms with Gasteiger partial charge in [-0.05, 0) is 151 Å². The SMILES string of the molecule is c1ccc(-n2c3ccccc3c3ccc(N(c4ccc5c(c4)-c4ccccc4C54C5CC6CC(C5)CC4C6)c4ccc5c6ccccc6n(-c6ccccc6)c5c4)cc32)cc1. The van der Waals surface area contributed by atoms with E-state index in [-0.39, 0.29) is 5.41 Å². The van der Waals surface area contributed by atoms with E-state index in [4.69, 9.17) is 0 Å². The van der Waals surface area contributed by atoms with Crippen LogP contribution in [-0.4, -0.2) is 9.13 Å². The normalized spacial score (nSPS) is 22.2. The van der Waals surface area contributed by atoms with E-state index in [0.29, 0.717) is 0 Å². The number of aromatic nitrogens is 2. The Kier molecular flexibility index (Phi) is 7.01. The van der Waals surface area contributed by atoms with E-state index in [2.05, 4.69) is 202 Å². The molecule has 0 saturated heterocycles. The van der Waals surface area contributed by atoms with Crippen molar-refractivity contribution in [2.75, 3.05) is 4.90 Å². The minimum absolute atomic E-state index is 0.133. The fraction of sp³-hybridized carbons (Fsp3) is 0.172. The number of anilines is 3. The van der Waals surface area contributed by atoms with E-state index in [1.165, 1.54) is 104 Å². The number of para-hydroxylation sites is 4. The zero-order valence-electron chi connectivity index (χ0n) is 34.1. The van der Waals surface area contributed by atoms with Crippen molar-refractivity contribution in [1.82, 2.24) is 9.13 Å². The summed E-state index contributed by atoms with van der Waals surface area (Å²) in [6.45, 7) is 0. The van der Waals surface area contributed by atoms with Crippen molar-refractivity contribution in [1.29, 1.82) is 0 Å². The molecule has 0 atom stereocenters. The van der Waals surface area contributed by atoms with E-state index in [9.17, 15) is 0 Å². The fourth-order valence-electron chi connectivity index (χ4n) is 13.6. The van der Waals surface area contributed by atoms with Crippen LogP contribution in [0.1, 0.15) is 43.2 Å². The van der Waals surface area contributed by atoms with Gasteiger partial charge in [-0.2, -0.15) is 0 Å². The van der Waals surface area contributed by atoms with Crippen LogP contribution in [0, 0.1) is 23.7 Å². The molecule has 0 amide bonds. The summed E-state index contributed by atoms with van der Waals surface area (Å²) in [5.41, 5.74) is 16.9. The van der Waals surface area contributed by atoms with Crippen molar-refractivity contribution in [2.24, 2.45) is 23.7 Å². The van der Waals surface area contributed by atoms with Crippen LogP contribution in [-0.2, 0) is 5.41 Å². The van der Waals surface area contributed by atoms with Crippen molar-refractivity contribution in [3.8, 4) is 22.5 Å². The number of hydrogen-bond donors (Lipinski definition) is 0. The molecule has 1 spiro atoms. The zero-order valence-corrected chi connectivity index (χ0v) is 34.1. The third-order valence-corrected chi connectivity index (χ3v) is 15.7. The maximum atomic E-state index is 2.57. The van der Waals surface area contributed by atoms with Gasteiger partial charge in [0.25, 0.3) is 0 Å². The third-order valence-electron chi connectivity index (χ3n) is 15.7. The van der Waals surface area contributed by atoms with E-state index in [0.717, 1.165) is 35.0 Å². The van der Waals surface area contributed by atoms with Crippen LogP contribution in [0.5, 0.6) is 0 Å². The minimum Gasteiger partial charge on any atom is -0.310 e. The molecule has 5 aliphatic rings. The Hall–Kier alpha value is -6.84. The summed E-state index contributed by atoms with van der Waals surface area (Å²) in [5.74, 6) is 3.30. The first-order valence-corrected chi connectivity index (χ1v) is 22.4. The maximum Gasteiger partial charge on any atom is 0.0561 e. The Morgan fingerprint density at radius 3 is 1.38 bits per heavy atom. The van der Waals surface area contributed by atoms with Gasteiger partial charge in [-0.25, -0.2) is 0 Å². The highest BCUT2D eigenvalue weighted by atomic mass is 15.1. The van der Waals surface area contributed by atoms with Gasteiger partial charge >= 0.3 is 0 Å². The molecule has 0 radical (unpaired) electrons. The molecule has 0 N–H and O–H groups in total. The summed E-state index contributed by atoms with van der Waals surface area (Å²) in [6, 6.07) is 70.8. The molecule has 5 aliphatic carbocycles. The predicted octanol–water partition coefficient (Wildman–Crippen LogP) is 15.1. The largest absolute Gasteiger partial charge is 0.310 e. The number of rotatable bonds is 5. The number of hydrogen-bond acceptors (Lipinski definition) is 1. The molecule has 10 aromatic rings. The molecule has 3 nitrogen and oxygen atoms in total. The van der Waals surface area contributed by atoms with Crippen LogP contribution in [0.4, 0.5) is 17.1 Å². The van der Waals surface area contributed by atoms with Gasteiger partial charge in [0.15, 0.2) is 0 Å². The Balaban J connectivity index is 1.03. The molecule has 61 heavy (non-hydrogen) atoms. The van der Waals surface area contributed by atoms with Gasteiger partial charge in [0.05, 0.1) is 22.1 Å². The summed E-state index contributed by atoms with van der Waals surface area (Å²) >= 11 is 0. The first kappa shape index (κ1) is 33.9. The number of fused-ring (bicyclic) bond motifs is 9. The van der Waals surface area contributed by atoms with Gasteiger partial charge in [-0.1, -0.05) is 115 Å². The molecule has 3 heteroatoms. The topological polar surface area (TPSA) is 13.1 Å². The molecular weight excluding hydrogens is 739 g/mol. The van der Waals surface area contributed by atoms with Crippen molar-refractivity contribution in [3.05, 3.63) is 199 Å². The maximum absolute atomic E-state index is 2.57. The summed E-state index contributed by atoms with van der Waals surface area (Å²) in [7, 11) is 0. The Bertz CT molecular complexity index is 3200. The zero-order chi connectivity index (χ0) is 39.8. The highest BCUT2D eigenvalue weighted by molar-refractivity contribution is 6.12. The van der Waals surface area contributed by atoms with Gasteiger partial charge in [0.1, 0.15) is 0 Å². The molecule has 4 bridgehead atoms. The molecule has 15 rings (SSSR count). The number of nitrogens with zero attached hydrogens (tertiary/aromatic N) is 3. The standard InChI is InChI=1S/C58H45N3/c1-3-13-41(14-4-1)60-54-21-11-8-18-47(54)49-26-23-44(35-56(49)60)59(45-24-27-50-48-19-9-12-22-55(48)61(57(50)36-45)42-15-5-2-6-16-42)43-25-28-53-51(34-43)46-17-7-10-20-52(46)58(53)39-30-37-29-38(32-39)33-40(58)31-37/h1-28,34-40H,29-33H2. The van der Waals surface area contributed by atoms with Crippen molar-refractivity contribution >= 4 is 60.7 Å². The molecule has 0 aliphatic heterocycles. The predicted molar refractivity (Wildman–Crippen MR) is 253 cm³/mol. The van der Waals surface area contributed by atoms with Gasteiger partial charge in [0.2, 0.25) is 0 Å². The third kappa shape index (κ3) is 4.64. The summed E-state index contributed by atoms with van der Waals surface area (Å²) in [4.78, 5) is 2.53. The monoisotopic (exact) mass is 783 g/mol. The molecule has 4 fully saturated rings. The van der Waals surface area contributed by atoms with Crippen LogP contribution in [0.3, 0.4) is 0 Å². The van der Waals surface area contributed by atoms with Gasteiger partial charge in [-0.15, -0.1) is 0 Å².